The first-order valence-corrected chi connectivity index (χ1v) is 8.77. The van der Waals surface area contributed by atoms with E-state index in [1.54, 1.807) is 30.3 Å². The third-order valence-corrected chi connectivity index (χ3v) is 5.02. The minimum Gasteiger partial charge on any atom is -0.404 e. The first-order chi connectivity index (χ1) is 12.1. The number of allylic oxidation sites excluding steroid dienone is 1. The predicted octanol–water partition coefficient (Wildman–Crippen LogP) is 3.46. The number of benzene rings is 2. The fourth-order valence-electron chi connectivity index (χ4n) is 2.71. The van der Waals surface area contributed by atoms with Crippen LogP contribution in [-0.2, 0) is 11.3 Å². The molecule has 0 spiro atoms. The van der Waals surface area contributed by atoms with E-state index in [4.69, 9.17) is 5.73 Å². The fraction of sp³-hybridized carbons (Fsp3) is 0.158. The summed E-state index contributed by atoms with van der Waals surface area (Å²) in [5.74, 6) is -0.0262. The van der Waals surface area contributed by atoms with Crippen molar-refractivity contribution in [2.75, 3.05) is 17.7 Å². The number of carbonyl (C=O) groups is 1. The lowest BCUT2D eigenvalue weighted by molar-refractivity contribution is -0.116. The minimum absolute atomic E-state index is 0.0205. The Morgan fingerprint density at radius 1 is 1.36 bits per heavy atom. The highest BCUT2D eigenvalue weighted by Crippen LogP contribution is 2.36. The van der Waals surface area contributed by atoms with E-state index in [1.165, 1.54) is 24.0 Å². The van der Waals surface area contributed by atoms with Gasteiger partial charge in [-0.1, -0.05) is 24.3 Å². The second-order valence-corrected chi connectivity index (χ2v) is 6.57. The third kappa shape index (κ3) is 3.58. The van der Waals surface area contributed by atoms with Gasteiger partial charge in [0, 0.05) is 35.5 Å². The molecule has 0 bridgehead atoms. The molecule has 0 fully saturated rings. The lowest BCUT2D eigenvalue weighted by Gasteiger charge is -2.29. The molecule has 3 rings (SSSR count). The molecule has 0 radical (unpaired) electrons. The Morgan fingerprint density at radius 3 is 2.88 bits per heavy atom. The van der Waals surface area contributed by atoms with Gasteiger partial charge in [-0.3, -0.25) is 9.79 Å². The van der Waals surface area contributed by atoms with Crippen LogP contribution in [0.2, 0.25) is 0 Å². The zero-order valence-electron chi connectivity index (χ0n) is 13.8. The third-order valence-electron chi connectivity index (χ3n) is 3.97. The van der Waals surface area contributed by atoms with Crippen molar-refractivity contribution in [1.29, 1.82) is 0 Å². The van der Waals surface area contributed by atoms with Crippen LogP contribution in [0.1, 0.15) is 11.1 Å². The summed E-state index contributed by atoms with van der Waals surface area (Å²) in [6.07, 6.45) is 2.97. The van der Waals surface area contributed by atoms with Gasteiger partial charge in [-0.05, 0) is 23.8 Å². The van der Waals surface area contributed by atoms with E-state index >= 15 is 0 Å². The van der Waals surface area contributed by atoms with E-state index in [9.17, 15) is 9.18 Å². The first-order valence-electron chi connectivity index (χ1n) is 7.79. The number of amides is 1. The molecule has 1 aliphatic rings. The highest BCUT2D eigenvalue weighted by atomic mass is 32.2. The smallest absolute Gasteiger partial charge is 0.237 e. The summed E-state index contributed by atoms with van der Waals surface area (Å²) in [4.78, 5) is 18.9. The highest BCUT2D eigenvalue weighted by molar-refractivity contribution is 8.00. The lowest BCUT2D eigenvalue weighted by atomic mass is 10.0. The van der Waals surface area contributed by atoms with Gasteiger partial charge in [0.2, 0.25) is 5.91 Å². The molecule has 6 heteroatoms. The van der Waals surface area contributed by atoms with Crippen molar-refractivity contribution in [2.24, 2.45) is 10.7 Å². The van der Waals surface area contributed by atoms with Gasteiger partial charge in [-0.15, -0.1) is 11.8 Å². The molecule has 2 N–H and O–H groups in total. The summed E-state index contributed by atoms with van der Waals surface area (Å²) in [7, 11) is 1.63. The number of halogens is 1. The van der Waals surface area contributed by atoms with Crippen LogP contribution >= 0.6 is 11.8 Å². The molecule has 0 saturated heterocycles. The standard InChI is InChI=1S/C19H18FN3OS/c1-22-10-15(9-21)13-6-7-14(16(20)8-13)11-23-17-4-2-3-5-18(17)25-12-19(23)24/h2-10H,11-12,21H2,1H3/b15-9+,22-10?. The summed E-state index contributed by atoms with van der Waals surface area (Å²) in [5.41, 5.74) is 8.15. The van der Waals surface area contributed by atoms with Gasteiger partial charge in [0.15, 0.2) is 0 Å². The summed E-state index contributed by atoms with van der Waals surface area (Å²) in [6.45, 7) is 0.200. The Kier molecular flexibility index (Phi) is 5.19. The molecule has 0 aromatic heterocycles. The number of thioether (sulfide) groups is 1. The maximum Gasteiger partial charge on any atom is 0.237 e. The van der Waals surface area contributed by atoms with E-state index in [-0.39, 0.29) is 18.3 Å². The molecular formula is C19H18FN3OS. The number of anilines is 1. The van der Waals surface area contributed by atoms with Crippen molar-refractivity contribution in [3.63, 3.8) is 0 Å². The Bertz CT molecular complexity index is 863. The molecule has 0 saturated carbocycles. The zero-order valence-corrected chi connectivity index (χ0v) is 14.6. The number of rotatable bonds is 4. The van der Waals surface area contributed by atoms with E-state index < -0.39 is 0 Å². The Hall–Kier alpha value is -2.60. The van der Waals surface area contributed by atoms with Gasteiger partial charge in [0.1, 0.15) is 5.82 Å². The molecule has 25 heavy (non-hydrogen) atoms. The molecular weight excluding hydrogens is 337 g/mol. The normalized spacial score (nSPS) is 14.9. The molecule has 0 aliphatic carbocycles. The van der Waals surface area contributed by atoms with E-state index in [0.717, 1.165) is 10.6 Å². The molecule has 0 unspecified atom stereocenters. The molecule has 2 aromatic rings. The van der Waals surface area contributed by atoms with Gasteiger partial charge >= 0.3 is 0 Å². The van der Waals surface area contributed by atoms with Gasteiger partial charge in [0.25, 0.3) is 0 Å². The lowest BCUT2D eigenvalue weighted by Crippen LogP contribution is -2.35. The number of carbonyl (C=O) groups excluding carboxylic acids is 1. The van der Waals surface area contributed by atoms with Gasteiger partial charge in [-0.2, -0.15) is 0 Å². The van der Waals surface area contributed by atoms with Crippen LogP contribution in [0.3, 0.4) is 0 Å². The number of hydrogen-bond acceptors (Lipinski definition) is 4. The average molecular weight is 355 g/mol. The maximum absolute atomic E-state index is 14.6. The Labute approximate surface area is 150 Å². The van der Waals surface area contributed by atoms with Crippen molar-refractivity contribution >= 4 is 35.1 Å². The van der Waals surface area contributed by atoms with Crippen LogP contribution in [0.15, 0.2) is 58.6 Å². The Balaban J connectivity index is 1.90. The summed E-state index contributed by atoms with van der Waals surface area (Å²) in [5, 5.41) is 0. The van der Waals surface area contributed by atoms with Gasteiger partial charge < -0.3 is 10.6 Å². The van der Waals surface area contributed by atoms with Crippen molar-refractivity contribution in [2.45, 2.75) is 11.4 Å². The van der Waals surface area contributed by atoms with E-state index in [1.807, 2.05) is 24.3 Å². The SMILES string of the molecule is CN=C/C(=C\N)c1ccc(CN2C(=O)CSc3ccccc32)c(F)c1. The molecule has 1 heterocycles. The second kappa shape index (κ2) is 7.53. The quantitative estimate of drug-likeness (QED) is 0.855. The number of nitrogens with two attached hydrogens (primary N) is 1. The van der Waals surface area contributed by atoms with Gasteiger partial charge in [-0.25, -0.2) is 4.39 Å². The molecule has 128 valence electrons. The molecule has 4 nitrogen and oxygen atoms in total. The van der Waals surface area contributed by atoms with Crippen molar-refractivity contribution in [3.05, 3.63) is 65.6 Å². The van der Waals surface area contributed by atoms with Crippen molar-refractivity contribution in [1.82, 2.24) is 0 Å². The summed E-state index contributed by atoms with van der Waals surface area (Å²) >= 11 is 1.51. The maximum atomic E-state index is 14.6. The molecule has 2 aromatic carbocycles. The minimum atomic E-state index is -0.370. The topological polar surface area (TPSA) is 58.7 Å². The van der Waals surface area contributed by atoms with Crippen LogP contribution in [0, 0.1) is 5.82 Å². The number of nitrogens with zero attached hydrogens (tertiary/aromatic N) is 2. The van der Waals surface area contributed by atoms with Gasteiger partial charge in [0.05, 0.1) is 18.0 Å². The number of fused-ring (bicyclic) bond motifs is 1. The summed E-state index contributed by atoms with van der Waals surface area (Å²) in [6, 6.07) is 12.6. The van der Waals surface area contributed by atoms with E-state index in [0.29, 0.717) is 22.5 Å². The average Bonchev–Trinajstić information content (AvgIpc) is 2.63. The fourth-order valence-corrected chi connectivity index (χ4v) is 3.64. The van der Waals surface area contributed by atoms with Crippen LogP contribution in [0.4, 0.5) is 10.1 Å². The van der Waals surface area contributed by atoms with Crippen molar-refractivity contribution in [3.8, 4) is 0 Å². The number of para-hydroxylation sites is 1. The van der Waals surface area contributed by atoms with Crippen LogP contribution in [0.5, 0.6) is 0 Å². The molecule has 0 atom stereocenters. The number of aliphatic imine (C=N–C) groups is 1. The second-order valence-electron chi connectivity index (χ2n) is 5.55. The predicted molar refractivity (Wildman–Crippen MR) is 101 cm³/mol. The summed E-state index contributed by atoms with van der Waals surface area (Å²) < 4.78 is 14.6. The molecule has 1 aliphatic heterocycles. The van der Waals surface area contributed by atoms with E-state index in [2.05, 4.69) is 4.99 Å². The van der Waals surface area contributed by atoms with Crippen molar-refractivity contribution < 1.29 is 9.18 Å². The Morgan fingerprint density at radius 2 is 2.16 bits per heavy atom. The van der Waals surface area contributed by atoms with Crippen LogP contribution in [0.25, 0.3) is 5.57 Å². The van der Waals surface area contributed by atoms with Crippen LogP contribution < -0.4 is 10.6 Å². The van der Waals surface area contributed by atoms with Crippen LogP contribution in [-0.4, -0.2) is 24.9 Å². The first kappa shape index (κ1) is 17.2. The highest BCUT2D eigenvalue weighted by Gasteiger charge is 2.25. The largest absolute Gasteiger partial charge is 0.404 e. The molecule has 1 amide bonds. The number of hydrogen-bond donors (Lipinski definition) is 1. The zero-order chi connectivity index (χ0) is 17.8. The monoisotopic (exact) mass is 355 g/mol.